The molecule has 0 radical (unpaired) electrons. The maximum absolute atomic E-state index is 13.0. The fourth-order valence-electron chi connectivity index (χ4n) is 3.32. The second-order valence-electron chi connectivity index (χ2n) is 7.24. The minimum absolute atomic E-state index is 0.0541. The number of hydrogen-bond acceptors (Lipinski definition) is 3. The zero-order chi connectivity index (χ0) is 21.3. The smallest absolute Gasteiger partial charge is 0.275 e. The van der Waals surface area contributed by atoms with E-state index < -0.39 is 10.0 Å². The molecular weight excluding hydrogens is 393 g/mol. The van der Waals surface area contributed by atoms with E-state index in [1.165, 1.54) is 41.1 Å². The number of rotatable bonds is 6. The molecule has 0 aliphatic rings. The van der Waals surface area contributed by atoms with Crippen LogP contribution in [0.5, 0.6) is 0 Å². The molecule has 0 aliphatic heterocycles. The molecule has 1 N–H and O–H groups in total. The largest absolute Gasteiger partial charge is 0.285 e. The molecule has 0 spiro atoms. The van der Waals surface area contributed by atoms with Gasteiger partial charge in [0.15, 0.2) is 0 Å². The van der Waals surface area contributed by atoms with E-state index in [1.54, 1.807) is 23.9 Å². The highest BCUT2D eigenvalue weighted by atomic mass is 32.2. The summed E-state index contributed by atoms with van der Waals surface area (Å²) in [6.07, 6.45) is 0. The normalized spacial score (nSPS) is 11.9. The van der Waals surface area contributed by atoms with E-state index >= 15 is 0 Å². The number of aromatic nitrogens is 2. The minimum atomic E-state index is -3.74. The van der Waals surface area contributed by atoms with Crippen LogP contribution in [-0.2, 0) is 23.6 Å². The van der Waals surface area contributed by atoms with Gasteiger partial charge < -0.3 is 0 Å². The van der Waals surface area contributed by atoms with Crippen LogP contribution >= 0.6 is 0 Å². The summed E-state index contributed by atoms with van der Waals surface area (Å²) in [6, 6.07) is 11.8. The van der Waals surface area contributed by atoms with Gasteiger partial charge in [0.05, 0.1) is 10.6 Å². The molecular formula is C21H24FN3O3S. The third-order valence-electron chi connectivity index (χ3n) is 4.95. The van der Waals surface area contributed by atoms with Crippen molar-refractivity contribution in [3.63, 3.8) is 0 Å². The van der Waals surface area contributed by atoms with Crippen LogP contribution in [0.2, 0.25) is 0 Å². The van der Waals surface area contributed by atoms with Gasteiger partial charge in [0, 0.05) is 24.8 Å². The predicted octanol–water partition coefficient (Wildman–Crippen LogP) is 3.23. The van der Waals surface area contributed by atoms with Crippen molar-refractivity contribution in [1.29, 1.82) is 0 Å². The maximum Gasteiger partial charge on any atom is 0.275 e. The van der Waals surface area contributed by atoms with Crippen molar-refractivity contribution >= 4 is 10.0 Å². The Labute approximate surface area is 169 Å². The summed E-state index contributed by atoms with van der Waals surface area (Å²) in [6.45, 7) is 5.89. The molecule has 3 aromatic rings. The van der Waals surface area contributed by atoms with Crippen molar-refractivity contribution in [2.24, 2.45) is 7.05 Å². The Hall–Kier alpha value is -2.71. The molecule has 0 atom stereocenters. The first-order valence-corrected chi connectivity index (χ1v) is 10.7. The molecule has 29 heavy (non-hydrogen) atoms. The number of halogens is 1. The Kier molecular flexibility index (Phi) is 5.77. The van der Waals surface area contributed by atoms with Gasteiger partial charge in [-0.05, 0) is 54.8 Å². The van der Waals surface area contributed by atoms with E-state index in [2.05, 4.69) is 4.72 Å². The highest BCUT2D eigenvalue weighted by Gasteiger charge is 2.19. The SMILES string of the molecule is Cc1c(C(C)C)c(=O)n(-c2ccc(S(=O)(=O)NCc3ccc(F)cc3)cc2)n1C. The number of hydrogen-bond donors (Lipinski definition) is 1. The van der Waals surface area contributed by atoms with E-state index in [9.17, 15) is 17.6 Å². The number of sulfonamides is 1. The van der Waals surface area contributed by atoms with Gasteiger partial charge in [-0.15, -0.1) is 0 Å². The van der Waals surface area contributed by atoms with Crippen LogP contribution in [0.15, 0.2) is 58.2 Å². The minimum Gasteiger partial charge on any atom is -0.285 e. The lowest BCUT2D eigenvalue weighted by Crippen LogP contribution is -2.24. The summed E-state index contributed by atoms with van der Waals surface area (Å²) < 4.78 is 43.9. The Morgan fingerprint density at radius 2 is 1.62 bits per heavy atom. The van der Waals surface area contributed by atoms with E-state index in [4.69, 9.17) is 0 Å². The van der Waals surface area contributed by atoms with Gasteiger partial charge in [0.2, 0.25) is 10.0 Å². The van der Waals surface area contributed by atoms with Gasteiger partial charge in [0.25, 0.3) is 5.56 Å². The van der Waals surface area contributed by atoms with E-state index in [0.717, 1.165) is 11.3 Å². The number of nitrogens with one attached hydrogen (secondary N) is 1. The summed E-state index contributed by atoms with van der Waals surface area (Å²) in [5.41, 5.74) is 2.75. The monoisotopic (exact) mass is 417 g/mol. The van der Waals surface area contributed by atoms with E-state index in [-0.39, 0.29) is 28.7 Å². The number of benzene rings is 2. The fourth-order valence-corrected chi connectivity index (χ4v) is 4.33. The molecule has 0 fully saturated rings. The van der Waals surface area contributed by atoms with Crippen molar-refractivity contribution in [1.82, 2.24) is 14.1 Å². The third-order valence-corrected chi connectivity index (χ3v) is 6.36. The molecule has 8 heteroatoms. The lowest BCUT2D eigenvalue weighted by molar-refractivity contribution is 0.581. The molecule has 1 heterocycles. The standard InChI is InChI=1S/C21H24FN3O3S/c1-14(2)20-15(3)24(4)25(21(20)26)18-9-11-19(12-10-18)29(27,28)23-13-16-5-7-17(22)8-6-16/h5-12,14,23H,13H2,1-4H3. The van der Waals surface area contributed by atoms with Crippen LogP contribution < -0.4 is 10.3 Å². The van der Waals surface area contributed by atoms with Crippen molar-refractivity contribution in [3.8, 4) is 5.69 Å². The summed E-state index contributed by atoms with van der Waals surface area (Å²) in [5.74, 6) is -0.288. The van der Waals surface area contributed by atoms with Crippen LogP contribution in [0.3, 0.4) is 0 Å². The quantitative estimate of drug-likeness (QED) is 0.669. The van der Waals surface area contributed by atoms with Crippen LogP contribution in [0.1, 0.15) is 36.6 Å². The van der Waals surface area contributed by atoms with Crippen LogP contribution in [0, 0.1) is 12.7 Å². The predicted molar refractivity (Wildman–Crippen MR) is 110 cm³/mol. The molecule has 0 bridgehead atoms. The molecule has 2 aromatic carbocycles. The second-order valence-corrected chi connectivity index (χ2v) is 9.01. The maximum atomic E-state index is 13.0. The average Bonchev–Trinajstić information content (AvgIpc) is 2.90. The lowest BCUT2D eigenvalue weighted by atomic mass is 10.0. The molecule has 3 rings (SSSR count). The third kappa shape index (κ3) is 4.18. The van der Waals surface area contributed by atoms with Gasteiger partial charge in [-0.3, -0.25) is 9.48 Å². The zero-order valence-corrected chi connectivity index (χ0v) is 17.6. The van der Waals surface area contributed by atoms with Crippen LogP contribution in [0.4, 0.5) is 4.39 Å². The highest BCUT2D eigenvalue weighted by Crippen LogP contribution is 2.19. The molecule has 1 aromatic heterocycles. The molecule has 0 amide bonds. The molecule has 0 saturated carbocycles. The molecule has 6 nitrogen and oxygen atoms in total. The van der Waals surface area contributed by atoms with Gasteiger partial charge in [-0.25, -0.2) is 22.2 Å². The Balaban J connectivity index is 1.86. The Bertz CT molecular complexity index is 1180. The zero-order valence-electron chi connectivity index (χ0n) is 16.8. The first-order chi connectivity index (χ1) is 13.6. The molecule has 154 valence electrons. The van der Waals surface area contributed by atoms with Gasteiger partial charge in [-0.1, -0.05) is 26.0 Å². The van der Waals surface area contributed by atoms with Gasteiger partial charge in [-0.2, -0.15) is 0 Å². The summed E-state index contributed by atoms with van der Waals surface area (Å²) in [4.78, 5) is 12.9. The molecule has 0 aliphatic carbocycles. The van der Waals surface area contributed by atoms with Gasteiger partial charge in [0.1, 0.15) is 5.82 Å². The summed E-state index contributed by atoms with van der Waals surface area (Å²) in [7, 11) is -1.94. The second kappa shape index (κ2) is 7.96. The van der Waals surface area contributed by atoms with E-state index in [0.29, 0.717) is 11.3 Å². The fraction of sp³-hybridized carbons (Fsp3) is 0.286. The first-order valence-electron chi connectivity index (χ1n) is 9.25. The van der Waals surface area contributed by atoms with Gasteiger partial charge >= 0.3 is 0 Å². The lowest BCUT2D eigenvalue weighted by Gasteiger charge is -2.10. The summed E-state index contributed by atoms with van der Waals surface area (Å²) in [5, 5.41) is 0. The van der Waals surface area contributed by atoms with Crippen LogP contribution in [0.25, 0.3) is 5.69 Å². The van der Waals surface area contributed by atoms with Crippen LogP contribution in [-0.4, -0.2) is 17.8 Å². The number of nitrogens with zero attached hydrogens (tertiary/aromatic N) is 2. The highest BCUT2D eigenvalue weighted by molar-refractivity contribution is 7.89. The topological polar surface area (TPSA) is 73.1 Å². The molecule has 0 saturated heterocycles. The average molecular weight is 418 g/mol. The van der Waals surface area contributed by atoms with E-state index in [1.807, 2.05) is 20.8 Å². The first kappa shape index (κ1) is 21.0. The van der Waals surface area contributed by atoms with Crippen molar-refractivity contribution in [2.45, 2.75) is 38.1 Å². The van der Waals surface area contributed by atoms with Crippen molar-refractivity contribution in [2.75, 3.05) is 0 Å². The van der Waals surface area contributed by atoms with Crippen molar-refractivity contribution in [3.05, 3.63) is 81.5 Å². The summed E-state index contributed by atoms with van der Waals surface area (Å²) >= 11 is 0. The molecule has 0 unspecified atom stereocenters. The Morgan fingerprint density at radius 1 is 1.03 bits per heavy atom. The Morgan fingerprint density at radius 3 is 2.14 bits per heavy atom. The van der Waals surface area contributed by atoms with Crippen molar-refractivity contribution < 1.29 is 12.8 Å².